The van der Waals surface area contributed by atoms with Crippen LogP contribution in [0.25, 0.3) is 0 Å². The Morgan fingerprint density at radius 3 is 3.00 bits per heavy atom. The molecule has 2 rings (SSSR count). The van der Waals surface area contributed by atoms with Crippen LogP contribution in [-0.4, -0.2) is 24.6 Å². The van der Waals surface area contributed by atoms with Crippen LogP contribution in [0, 0.1) is 11.7 Å². The van der Waals surface area contributed by atoms with Crippen molar-refractivity contribution < 1.29 is 4.39 Å². The number of anilines is 1. The highest BCUT2D eigenvalue weighted by Crippen LogP contribution is 2.14. The highest BCUT2D eigenvalue weighted by Gasteiger charge is 2.13. The zero-order valence-electron chi connectivity index (χ0n) is 8.67. The summed E-state index contributed by atoms with van der Waals surface area (Å²) in [5.41, 5.74) is 0. The van der Waals surface area contributed by atoms with Gasteiger partial charge in [-0.1, -0.05) is 0 Å². The first-order valence-electron chi connectivity index (χ1n) is 5.41. The third kappa shape index (κ3) is 2.89. The molecule has 0 saturated carbocycles. The molecule has 0 aromatic carbocycles. The van der Waals surface area contributed by atoms with E-state index < -0.39 is 0 Å². The largest absolute Gasteiger partial charge is 0.367 e. The summed E-state index contributed by atoms with van der Waals surface area (Å²) in [4.78, 5) is 3.96. The number of pyridine rings is 1. The predicted molar refractivity (Wildman–Crippen MR) is 58.3 cm³/mol. The fourth-order valence-electron chi connectivity index (χ4n) is 1.84. The highest BCUT2D eigenvalue weighted by atomic mass is 19.1. The lowest BCUT2D eigenvalue weighted by atomic mass is 9.98. The minimum Gasteiger partial charge on any atom is -0.367 e. The van der Waals surface area contributed by atoms with Gasteiger partial charge in [0, 0.05) is 12.7 Å². The maximum Gasteiger partial charge on any atom is 0.165 e. The molecular formula is C11H16FN3. The Labute approximate surface area is 89.1 Å². The molecule has 1 aromatic heterocycles. The quantitative estimate of drug-likeness (QED) is 0.794. The number of aromatic nitrogens is 1. The van der Waals surface area contributed by atoms with Gasteiger partial charge in [-0.3, -0.25) is 0 Å². The molecule has 2 heterocycles. The Kier molecular flexibility index (Phi) is 3.50. The average Bonchev–Trinajstić information content (AvgIpc) is 2.29. The van der Waals surface area contributed by atoms with Crippen LogP contribution < -0.4 is 10.6 Å². The van der Waals surface area contributed by atoms with Crippen molar-refractivity contribution >= 4 is 5.82 Å². The molecular weight excluding hydrogens is 193 g/mol. The van der Waals surface area contributed by atoms with Crippen molar-refractivity contribution in [3.8, 4) is 0 Å². The Morgan fingerprint density at radius 1 is 1.47 bits per heavy atom. The van der Waals surface area contributed by atoms with E-state index in [4.69, 9.17) is 0 Å². The van der Waals surface area contributed by atoms with E-state index in [2.05, 4.69) is 15.6 Å². The maximum absolute atomic E-state index is 13.2. The van der Waals surface area contributed by atoms with E-state index in [1.807, 2.05) is 0 Å². The average molecular weight is 209 g/mol. The summed E-state index contributed by atoms with van der Waals surface area (Å²) in [6.07, 6.45) is 3.91. The summed E-state index contributed by atoms with van der Waals surface area (Å²) >= 11 is 0. The Morgan fingerprint density at radius 2 is 2.27 bits per heavy atom. The fraction of sp³-hybridized carbons (Fsp3) is 0.545. The third-order valence-corrected chi connectivity index (χ3v) is 2.78. The summed E-state index contributed by atoms with van der Waals surface area (Å²) in [5.74, 6) is 0.732. The number of nitrogens with zero attached hydrogens (tertiary/aromatic N) is 1. The topological polar surface area (TPSA) is 37.0 Å². The molecule has 0 spiro atoms. The molecule has 82 valence electrons. The molecule has 0 unspecified atom stereocenters. The van der Waals surface area contributed by atoms with Crippen molar-refractivity contribution in [3.05, 3.63) is 24.1 Å². The lowest BCUT2D eigenvalue weighted by Crippen LogP contribution is -2.31. The minimum absolute atomic E-state index is 0.272. The second-order valence-corrected chi connectivity index (χ2v) is 3.91. The molecule has 0 amide bonds. The Bertz CT molecular complexity index is 310. The molecule has 1 saturated heterocycles. The van der Waals surface area contributed by atoms with Crippen molar-refractivity contribution in [3.63, 3.8) is 0 Å². The molecule has 1 aromatic rings. The SMILES string of the molecule is Fc1cccnc1NCC1CCNCC1. The number of hydrogen-bond acceptors (Lipinski definition) is 3. The van der Waals surface area contributed by atoms with E-state index >= 15 is 0 Å². The van der Waals surface area contributed by atoms with E-state index in [1.165, 1.54) is 6.07 Å². The van der Waals surface area contributed by atoms with Gasteiger partial charge in [0.15, 0.2) is 11.6 Å². The molecule has 1 aliphatic rings. The smallest absolute Gasteiger partial charge is 0.165 e. The molecule has 2 N–H and O–H groups in total. The van der Waals surface area contributed by atoms with Gasteiger partial charge in [0.1, 0.15) is 0 Å². The summed E-state index contributed by atoms with van der Waals surface area (Å²) in [5, 5.41) is 6.38. The molecule has 0 atom stereocenters. The third-order valence-electron chi connectivity index (χ3n) is 2.78. The first-order chi connectivity index (χ1) is 7.36. The van der Waals surface area contributed by atoms with Gasteiger partial charge in [-0.25, -0.2) is 9.37 Å². The van der Waals surface area contributed by atoms with Gasteiger partial charge in [0.25, 0.3) is 0 Å². The normalized spacial score (nSPS) is 17.7. The fourth-order valence-corrected chi connectivity index (χ4v) is 1.84. The van der Waals surface area contributed by atoms with Crippen LogP contribution in [0.1, 0.15) is 12.8 Å². The van der Waals surface area contributed by atoms with Crippen molar-refractivity contribution in [1.82, 2.24) is 10.3 Å². The molecule has 0 aliphatic carbocycles. The van der Waals surface area contributed by atoms with Gasteiger partial charge in [-0.15, -0.1) is 0 Å². The van der Waals surface area contributed by atoms with Crippen molar-refractivity contribution in [2.45, 2.75) is 12.8 Å². The van der Waals surface area contributed by atoms with Crippen LogP contribution >= 0.6 is 0 Å². The van der Waals surface area contributed by atoms with E-state index in [0.29, 0.717) is 11.7 Å². The predicted octanol–water partition coefficient (Wildman–Crippen LogP) is 1.63. The Hall–Kier alpha value is -1.16. The zero-order valence-corrected chi connectivity index (χ0v) is 8.67. The lowest BCUT2D eigenvalue weighted by molar-refractivity contribution is 0.389. The van der Waals surface area contributed by atoms with Crippen LogP contribution in [0.3, 0.4) is 0 Å². The van der Waals surface area contributed by atoms with E-state index in [0.717, 1.165) is 32.5 Å². The summed E-state index contributed by atoms with van der Waals surface area (Å²) in [7, 11) is 0. The van der Waals surface area contributed by atoms with E-state index in [1.54, 1.807) is 12.3 Å². The highest BCUT2D eigenvalue weighted by molar-refractivity contribution is 5.35. The molecule has 1 fully saturated rings. The maximum atomic E-state index is 13.2. The van der Waals surface area contributed by atoms with Crippen LogP contribution in [0.2, 0.25) is 0 Å². The minimum atomic E-state index is -0.272. The van der Waals surface area contributed by atoms with Gasteiger partial charge in [-0.05, 0) is 44.0 Å². The molecule has 4 heteroatoms. The molecule has 15 heavy (non-hydrogen) atoms. The van der Waals surface area contributed by atoms with Crippen LogP contribution in [0.15, 0.2) is 18.3 Å². The molecule has 0 radical (unpaired) electrons. The van der Waals surface area contributed by atoms with Crippen LogP contribution in [0.4, 0.5) is 10.2 Å². The van der Waals surface area contributed by atoms with Gasteiger partial charge in [0.2, 0.25) is 0 Å². The number of hydrogen-bond donors (Lipinski definition) is 2. The van der Waals surface area contributed by atoms with Gasteiger partial charge in [-0.2, -0.15) is 0 Å². The van der Waals surface area contributed by atoms with Crippen LogP contribution in [-0.2, 0) is 0 Å². The molecule has 0 bridgehead atoms. The van der Waals surface area contributed by atoms with Crippen molar-refractivity contribution in [2.75, 3.05) is 25.0 Å². The van der Waals surface area contributed by atoms with Gasteiger partial charge >= 0.3 is 0 Å². The summed E-state index contributed by atoms with van der Waals surface area (Å²) < 4.78 is 13.2. The van der Waals surface area contributed by atoms with E-state index in [9.17, 15) is 4.39 Å². The molecule has 1 aliphatic heterocycles. The first kappa shape index (κ1) is 10.4. The number of rotatable bonds is 3. The second-order valence-electron chi connectivity index (χ2n) is 3.91. The van der Waals surface area contributed by atoms with Crippen molar-refractivity contribution in [2.24, 2.45) is 5.92 Å². The standard InChI is InChI=1S/C11H16FN3/c12-10-2-1-5-14-11(10)15-8-9-3-6-13-7-4-9/h1-2,5,9,13H,3-4,6-8H2,(H,14,15). The lowest BCUT2D eigenvalue weighted by Gasteiger charge is -2.22. The summed E-state index contributed by atoms with van der Waals surface area (Å²) in [6, 6.07) is 3.03. The Balaban J connectivity index is 1.84. The first-order valence-corrected chi connectivity index (χ1v) is 5.41. The number of halogens is 1. The number of nitrogens with one attached hydrogen (secondary N) is 2. The number of piperidine rings is 1. The van der Waals surface area contributed by atoms with Crippen LogP contribution in [0.5, 0.6) is 0 Å². The second kappa shape index (κ2) is 5.07. The van der Waals surface area contributed by atoms with Crippen molar-refractivity contribution in [1.29, 1.82) is 0 Å². The summed E-state index contributed by atoms with van der Waals surface area (Å²) in [6.45, 7) is 2.95. The molecule has 3 nitrogen and oxygen atoms in total. The van der Waals surface area contributed by atoms with E-state index in [-0.39, 0.29) is 5.82 Å². The van der Waals surface area contributed by atoms with Gasteiger partial charge < -0.3 is 10.6 Å². The monoisotopic (exact) mass is 209 g/mol. The zero-order chi connectivity index (χ0) is 10.5. The van der Waals surface area contributed by atoms with Gasteiger partial charge in [0.05, 0.1) is 0 Å².